The van der Waals surface area contributed by atoms with E-state index in [0.29, 0.717) is 16.3 Å². The third kappa shape index (κ3) is 3.38. The number of halogens is 1. The van der Waals surface area contributed by atoms with Gasteiger partial charge in [-0.15, -0.1) is 0 Å². The third-order valence-electron chi connectivity index (χ3n) is 5.16. The summed E-state index contributed by atoms with van der Waals surface area (Å²) in [4.78, 5) is 12.5. The number of rotatable bonds is 4. The van der Waals surface area contributed by atoms with Gasteiger partial charge < -0.3 is 15.2 Å². The molecule has 1 amide bonds. The fourth-order valence-corrected chi connectivity index (χ4v) is 3.68. The van der Waals surface area contributed by atoms with Crippen LogP contribution in [0.5, 0.6) is 5.75 Å². The van der Waals surface area contributed by atoms with Gasteiger partial charge in [-0.3, -0.25) is 4.79 Å². The third-order valence-corrected chi connectivity index (χ3v) is 5.48. The van der Waals surface area contributed by atoms with Gasteiger partial charge in [0.1, 0.15) is 5.75 Å². The van der Waals surface area contributed by atoms with Crippen molar-refractivity contribution in [3.05, 3.63) is 65.2 Å². The van der Waals surface area contributed by atoms with Crippen molar-refractivity contribution in [1.29, 1.82) is 0 Å². The molecule has 1 saturated carbocycles. The number of fused-ring (bicyclic) bond motifs is 1. The number of amides is 1. The van der Waals surface area contributed by atoms with Gasteiger partial charge in [-0.25, -0.2) is 0 Å². The number of hydrogen-bond donors (Lipinski definition) is 2. The number of ether oxygens (including phenoxy) is 1. The normalized spacial score (nSPS) is 18.8. The Morgan fingerprint density at radius 3 is 2.63 bits per heavy atom. The molecule has 1 aliphatic carbocycles. The smallest absolute Gasteiger partial charge is 0.251 e. The van der Waals surface area contributed by atoms with Gasteiger partial charge in [0.05, 0.1) is 24.3 Å². The van der Waals surface area contributed by atoms with Crippen LogP contribution in [0.2, 0.25) is 5.02 Å². The number of nitrogens with one attached hydrogen (secondary N) is 1. The summed E-state index contributed by atoms with van der Waals surface area (Å²) in [5, 5.41) is 15.1. The molecule has 27 heavy (non-hydrogen) atoms. The fourth-order valence-electron chi connectivity index (χ4n) is 3.40. The Morgan fingerprint density at radius 1 is 1.11 bits per heavy atom. The summed E-state index contributed by atoms with van der Waals surface area (Å²) in [5.41, 5.74) is 2.50. The number of benzene rings is 3. The maximum atomic E-state index is 12.5. The van der Waals surface area contributed by atoms with Crippen molar-refractivity contribution in [2.75, 3.05) is 7.11 Å². The SMILES string of the molecule is COc1ccc(-c2cccc3cc(C(=O)N[C@H]4CC[C@@H]4O)ccc23)c(Cl)c1. The summed E-state index contributed by atoms with van der Waals surface area (Å²) in [6.07, 6.45) is 1.13. The largest absolute Gasteiger partial charge is 0.497 e. The van der Waals surface area contributed by atoms with E-state index in [1.165, 1.54) is 0 Å². The summed E-state index contributed by atoms with van der Waals surface area (Å²) < 4.78 is 5.22. The molecule has 4 rings (SSSR count). The number of methoxy groups -OCH3 is 1. The van der Waals surface area contributed by atoms with E-state index in [9.17, 15) is 9.90 Å². The van der Waals surface area contributed by atoms with Crippen molar-refractivity contribution in [2.24, 2.45) is 0 Å². The van der Waals surface area contributed by atoms with Crippen LogP contribution in [-0.4, -0.2) is 30.3 Å². The maximum Gasteiger partial charge on any atom is 0.251 e. The molecule has 1 fully saturated rings. The van der Waals surface area contributed by atoms with E-state index in [0.717, 1.165) is 34.7 Å². The monoisotopic (exact) mass is 381 g/mol. The van der Waals surface area contributed by atoms with Crippen molar-refractivity contribution in [3.8, 4) is 16.9 Å². The summed E-state index contributed by atoms with van der Waals surface area (Å²) in [6, 6.07) is 17.0. The Morgan fingerprint density at radius 2 is 1.96 bits per heavy atom. The van der Waals surface area contributed by atoms with E-state index in [2.05, 4.69) is 5.32 Å². The lowest BCUT2D eigenvalue weighted by Crippen LogP contribution is -2.50. The molecule has 2 atom stereocenters. The molecule has 3 aromatic rings. The molecule has 0 spiro atoms. The number of aliphatic hydroxyl groups excluding tert-OH is 1. The second-order valence-corrected chi connectivity index (χ2v) is 7.22. The lowest BCUT2D eigenvalue weighted by atomic mass is 9.89. The molecular weight excluding hydrogens is 362 g/mol. The number of carbonyl (C=O) groups excluding carboxylic acids is 1. The van der Waals surface area contributed by atoms with Crippen LogP contribution in [0.3, 0.4) is 0 Å². The van der Waals surface area contributed by atoms with Gasteiger partial charge >= 0.3 is 0 Å². The standard InChI is InChI=1S/C22H20ClNO3/c1-27-15-6-8-18(19(23)12-15)17-4-2-3-13-11-14(5-7-16(13)17)22(26)24-20-9-10-21(20)25/h2-8,11-12,20-21,25H,9-10H2,1H3,(H,24,26)/t20-,21-/m0/s1. The van der Waals surface area contributed by atoms with Crippen molar-refractivity contribution in [1.82, 2.24) is 5.32 Å². The minimum atomic E-state index is -0.432. The van der Waals surface area contributed by atoms with Crippen LogP contribution in [0.4, 0.5) is 0 Å². The highest BCUT2D eigenvalue weighted by Crippen LogP contribution is 2.35. The highest BCUT2D eigenvalue weighted by Gasteiger charge is 2.30. The first-order valence-electron chi connectivity index (χ1n) is 8.92. The summed E-state index contributed by atoms with van der Waals surface area (Å²) in [5.74, 6) is 0.551. The average molecular weight is 382 g/mol. The molecule has 3 aromatic carbocycles. The van der Waals surface area contributed by atoms with Crippen LogP contribution < -0.4 is 10.1 Å². The summed E-state index contributed by atoms with van der Waals surface area (Å²) in [7, 11) is 1.61. The zero-order chi connectivity index (χ0) is 19.0. The molecule has 4 nitrogen and oxygen atoms in total. The van der Waals surface area contributed by atoms with Crippen LogP contribution in [0.15, 0.2) is 54.6 Å². The summed E-state index contributed by atoms with van der Waals surface area (Å²) >= 11 is 6.45. The molecule has 1 aliphatic rings. The van der Waals surface area contributed by atoms with Gasteiger partial charge in [0, 0.05) is 11.1 Å². The zero-order valence-corrected chi connectivity index (χ0v) is 15.7. The van der Waals surface area contributed by atoms with E-state index in [1.807, 2.05) is 48.5 Å². The number of hydrogen-bond acceptors (Lipinski definition) is 3. The molecular formula is C22H20ClNO3. The topological polar surface area (TPSA) is 58.6 Å². The van der Waals surface area contributed by atoms with Crippen molar-refractivity contribution < 1.29 is 14.6 Å². The molecule has 0 saturated heterocycles. The van der Waals surface area contributed by atoms with Gasteiger partial charge in [0.2, 0.25) is 0 Å². The molecule has 0 unspecified atom stereocenters. The lowest BCUT2D eigenvalue weighted by molar-refractivity contribution is 0.0447. The van der Waals surface area contributed by atoms with E-state index in [1.54, 1.807) is 13.2 Å². The van der Waals surface area contributed by atoms with Gasteiger partial charge in [-0.05, 0) is 59.5 Å². The molecule has 138 valence electrons. The van der Waals surface area contributed by atoms with Gasteiger partial charge in [0.25, 0.3) is 5.91 Å². The van der Waals surface area contributed by atoms with Crippen LogP contribution in [0, 0.1) is 0 Å². The molecule has 0 aromatic heterocycles. The van der Waals surface area contributed by atoms with Crippen LogP contribution >= 0.6 is 11.6 Å². The number of carbonyl (C=O) groups is 1. The number of aliphatic hydroxyl groups is 1. The minimum absolute atomic E-state index is 0.141. The van der Waals surface area contributed by atoms with Crippen molar-refractivity contribution in [3.63, 3.8) is 0 Å². The second kappa shape index (κ2) is 7.22. The van der Waals surface area contributed by atoms with E-state index in [-0.39, 0.29) is 11.9 Å². The maximum absolute atomic E-state index is 12.5. The molecule has 0 bridgehead atoms. The van der Waals surface area contributed by atoms with Crippen LogP contribution in [-0.2, 0) is 0 Å². The Balaban J connectivity index is 1.69. The first-order chi connectivity index (χ1) is 13.1. The first kappa shape index (κ1) is 17.8. The van der Waals surface area contributed by atoms with Gasteiger partial charge in [-0.2, -0.15) is 0 Å². The molecule has 0 heterocycles. The first-order valence-corrected chi connectivity index (χ1v) is 9.30. The Hall–Kier alpha value is -2.56. The zero-order valence-electron chi connectivity index (χ0n) is 14.9. The molecule has 0 aliphatic heterocycles. The fraction of sp³-hybridized carbons (Fsp3) is 0.227. The molecule has 0 radical (unpaired) electrons. The van der Waals surface area contributed by atoms with Crippen molar-refractivity contribution >= 4 is 28.3 Å². The highest BCUT2D eigenvalue weighted by molar-refractivity contribution is 6.34. The Kier molecular flexibility index (Phi) is 4.77. The van der Waals surface area contributed by atoms with Crippen LogP contribution in [0.25, 0.3) is 21.9 Å². The van der Waals surface area contributed by atoms with Crippen molar-refractivity contribution in [2.45, 2.75) is 25.0 Å². The molecule has 2 N–H and O–H groups in total. The van der Waals surface area contributed by atoms with Crippen LogP contribution in [0.1, 0.15) is 23.2 Å². The predicted molar refractivity (Wildman–Crippen MR) is 107 cm³/mol. The van der Waals surface area contributed by atoms with E-state index < -0.39 is 6.10 Å². The Bertz CT molecular complexity index is 1020. The second-order valence-electron chi connectivity index (χ2n) is 6.81. The highest BCUT2D eigenvalue weighted by atomic mass is 35.5. The lowest BCUT2D eigenvalue weighted by Gasteiger charge is -2.32. The Labute approximate surface area is 162 Å². The van der Waals surface area contributed by atoms with E-state index >= 15 is 0 Å². The van der Waals surface area contributed by atoms with Gasteiger partial charge in [-0.1, -0.05) is 35.9 Å². The summed E-state index contributed by atoms with van der Waals surface area (Å²) in [6.45, 7) is 0. The molecule has 5 heteroatoms. The van der Waals surface area contributed by atoms with Gasteiger partial charge in [0.15, 0.2) is 0 Å². The quantitative estimate of drug-likeness (QED) is 0.703. The minimum Gasteiger partial charge on any atom is -0.497 e. The average Bonchev–Trinajstić information content (AvgIpc) is 2.69. The van der Waals surface area contributed by atoms with E-state index in [4.69, 9.17) is 16.3 Å². The predicted octanol–water partition coefficient (Wildman–Crippen LogP) is 4.42.